The van der Waals surface area contributed by atoms with Gasteiger partial charge in [0.2, 0.25) is 0 Å². The fourth-order valence-electron chi connectivity index (χ4n) is 3.55. The van der Waals surface area contributed by atoms with Gasteiger partial charge in [-0.05, 0) is 49.5 Å². The number of thiocarbonyl (C=S) groups is 1. The predicted molar refractivity (Wildman–Crippen MR) is 109 cm³/mol. The summed E-state index contributed by atoms with van der Waals surface area (Å²) in [6, 6.07) is 15.5. The third-order valence-corrected chi connectivity index (χ3v) is 5.18. The number of likely N-dealkylation sites (N-methyl/N-ethyl adjacent to an activating group) is 1. The van der Waals surface area contributed by atoms with Crippen molar-refractivity contribution in [2.75, 3.05) is 6.54 Å². The minimum atomic E-state index is -0.404. The average Bonchev–Trinajstić information content (AvgIpc) is 3.32. The Balaban J connectivity index is 1.75. The zero-order chi connectivity index (χ0) is 19.7. The lowest BCUT2D eigenvalue weighted by Gasteiger charge is -2.24. The van der Waals surface area contributed by atoms with Crippen LogP contribution in [0.4, 0.5) is 5.69 Å². The molecule has 1 aliphatic heterocycles. The van der Waals surface area contributed by atoms with Crippen molar-refractivity contribution in [1.82, 2.24) is 15.2 Å². The Bertz CT molecular complexity index is 1020. The standard InChI is InChI=1S/C20H18N4O3S/c1-2-23-19(18(22-20(23)28)14-8-5-6-12-21-14)17-11-10-16(27-17)13-7-3-4-9-15(13)24(25)26/h3-12,18-19H,2H2,1H3,(H,22,28). The maximum Gasteiger partial charge on any atom is 0.280 e. The van der Waals surface area contributed by atoms with Crippen molar-refractivity contribution in [1.29, 1.82) is 0 Å². The number of para-hydroxylation sites is 1. The largest absolute Gasteiger partial charge is 0.459 e. The number of rotatable bonds is 5. The van der Waals surface area contributed by atoms with Crippen LogP contribution in [0.5, 0.6) is 0 Å². The Hall–Kier alpha value is -3.26. The maximum absolute atomic E-state index is 11.4. The molecule has 3 aromatic rings. The highest BCUT2D eigenvalue weighted by Crippen LogP contribution is 2.41. The molecule has 0 aliphatic carbocycles. The second-order valence-electron chi connectivity index (χ2n) is 6.39. The number of pyridine rings is 1. The normalized spacial score (nSPS) is 18.9. The van der Waals surface area contributed by atoms with Crippen molar-refractivity contribution in [3.8, 4) is 11.3 Å². The molecule has 28 heavy (non-hydrogen) atoms. The molecule has 0 spiro atoms. The summed E-state index contributed by atoms with van der Waals surface area (Å²) < 4.78 is 6.10. The van der Waals surface area contributed by atoms with E-state index in [1.165, 1.54) is 6.07 Å². The lowest BCUT2D eigenvalue weighted by atomic mass is 10.0. The molecule has 2 atom stereocenters. The minimum Gasteiger partial charge on any atom is -0.459 e. The summed E-state index contributed by atoms with van der Waals surface area (Å²) in [6.45, 7) is 2.72. The molecule has 4 rings (SSSR count). The van der Waals surface area contributed by atoms with Crippen LogP contribution in [-0.2, 0) is 0 Å². The number of hydrogen-bond acceptors (Lipinski definition) is 5. The molecule has 0 amide bonds. The van der Waals surface area contributed by atoms with Crippen LogP contribution in [0.3, 0.4) is 0 Å². The number of benzene rings is 1. The number of nitro groups is 1. The molecule has 0 radical (unpaired) electrons. The molecule has 7 nitrogen and oxygen atoms in total. The van der Waals surface area contributed by atoms with Crippen molar-refractivity contribution in [3.63, 3.8) is 0 Å². The Labute approximate surface area is 167 Å². The van der Waals surface area contributed by atoms with Crippen molar-refractivity contribution in [2.45, 2.75) is 19.0 Å². The number of nitro benzene ring substituents is 1. The van der Waals surface area contributed by atoms with E-state index >= 15 is 0 Å². The molecule has 1 N–H and O–H groups in total. The van der Waals surface area contributed by atoms with Gasteiger partial charge in [0, 0.05) is 18.8 Å². The maximum atomic E-state index is 11.4. The van der Waals surface area contributed by atoms with Crippen LogP contribution in [0, 0.1) is 10.1 Å². The average molecular weight is 394 g/mol. The highest BCUT2D eigenvalue weighted by Gasteiger charge is 2.41. The molecule has 3 heterocycles. The highest BCUT2D eigenvalue weighted by atomic mass is 32.1. The number of aromatic nitrogens is 1. The molecule has 2 aromatic heterocycles. The first-order chi connectivity index (χ1) is 13.6. The first-order valence-corrected chi connectivity index (χ1v) is 9.32. The van der Waals surface area contributed by atoms with Crippen LogP contribution in [0.2, 0.25) is 0 Å². The van der Waals surface area contributed by atoms with Gasteiger partial charge >= 0.3 is 0 Å². The first-order valence-electron chi connectivity index (χ1n) is 8.91. The van der Waals surface area contributed by atoms with Crippen LogP contribution in [-0.4, -0.2) is 26.5 Å². The van der Waals surface area contributed by atoms with Gasteiger partial charge in [-0.3, -0.25) is 15.1 Å². The van der Waals surface area contributed by atoms with Gasteiger partial charge in [-0.25, -0.2) is 0 Å². The first kappa shape index (κ1) is 18.1. The molecule has 0 saturated carbocycles. The van der Waals surface area contributed by atoms with Gasteiger partial charge in [0.25, 0.3) is 5.69 Å². The summed E-state index contributed by atoms with van der Waals surface area (Å²) in [4.78, 5) is 17.5. The SMILES string of the molecule is CCN1C(=S)NC(c2ccccn2)C1c1ccc(-c2ccccc2[N+](=O)[O-])o1. The van der Waals surface area contributed by atoms with Gasteiger partial charge in [0.05, 0.1) is 22.2 Å². The second kappa shape index (κ2) is 7.40. The smallest absolute Gasteiger partial charge is 0.280 e. The number of hydrogen-bond donors (Lipinski definition) is 1. The third-order valence-electron chi connectivity index (χ3n) is 4.82. The Morgan fingerprint density at radius 2 is 2.00 bits per heavy atom. The topological polar surface area (TPSA) is 84.4 Å². The fraction of sp³-hybridized carbons (Fsp3) is 0.200. The Kier molecular flexibility index (Phi) is 4.79. The van der Waals surface area contributed by atoms with E-state index in [2.05, 4.69) is 10.3 Å². The Morgan fingerprint density at radius 3 is 2.71 bits per heavy atom. The minimum absolute atomic E-state index is 0.0112. The van der Waals surface area contributed by atoms with Crippen molar-refractivity contribution < 1.29 is 9.34 Å². The molecule has 1 aliphatic rings. The molecule has 1 fully saturated rings. The van der Waals surface area contributed by atoms with E-state index in [0.29, 0.717) is 28.7 Å². The summed E-state index contributed by atoms with van der Waals surface area (Å²) in [5, 5.41) is 15.3. The van der Waals surface area contributed by atoms with E-state index < -0.39 is 4.92 Å². The summed E-state index contributed by atoms with van der Waals surface area (Å²) >= 11 is 5.51. The van der Waals surface area contributed by atoms with Crippen LogP contribution in [0.1, 0.15) is 30.5 Å². The van der Waals surface area contributed by atoms with Crippen LogP contribution in [0.25, 0.3) is 11.3 Å². The Morgan fingerprint density at radius 1 is 1.21 bits per heavy atom. The van der Waals surface area contributed by atoms with Gasteiger partial charge in [-0.15, -0.1) is 0 Å². The van der Waals surface area contributed by atoms with Crippen molar-refractivity contribution in [3.05, 3.63) is 82.4 Å². The lowest BCUT2D eigenvalue weighted by molar-refractivity contribution is -0.384. The number of nitrogens with one attached hydrogen (secondary N) is 1. The molecule has 0 bridgehead atoms. The zero-order valence-electron chi connectivity index (χ0n) is 15.1. The molecular formula is C20H18N4O3S. The zero-order valence-corrected chi connectivity index (χ0v) is 15.9. The fourth-order valence-corrected chi connectivity index (χ4v) is 3.92. The van der Waals surface area contributed by atoms with Gasteiger partial charge in [-0.1, -0.05) is 18.2 Å². The van der Waals surface area contributed by atoms with Crippen molar-refractivity contribution >= 4 is 23.0 Å². The van der Waals surface area contributed by atoms with Gasteiger partial charge in [0.15, 0.2) is 5.11 Å². The van der Waals surface area contributed by atoms with E-state index in [9.17, 15) is 10.1 Å². The van der Waals surface area contributed by atoms with E-state index in [-0.39, 0.29) is 17.8 Å². The van der Waals surface area contributed by atoms with Crippen molar-refractivity contribution in [2.24, 2.45) is 0 Å². The van der Waals surface area contributed by atoms with Crippen LogP contribution >= 0.6 is 12.2 Å². The summed E-state index contributed by atoms with van der Waals surface area (Å²) in [5.41, 5.74) is 1.32. The molecular weight excluding hydrogens is 376 g/mol. The van der Waals surface area contributed by atoms with Gasteiger partial charge in [0.1, 0.15) is 17.6 Å². The molecule has 1 saturated heterocycles. The molecule has 8 heteroatoms. The second-order valence-corrected chi connectivity index (χ2v) is 6.78. The van der Waals surface area contributed by atoms with E-state index in [1.807, 2.05) is 36.1 Å². The molecule has 142 valence electrons. The van der Waals surface area contributed by atoms with Gasteiger partial charge < -0.3 is 14.6 Å². The number of nitrogens with zero attached hydrogens (tertiary/aromatic N) is 3. The molecule has 2 unspecified atom stereocenters. The predicted octanol–water partition coefficient (Wildman–Crippen LogP) is 4.24. The summed E-state index contributed by atoms with van der Waals surface area (Å²) in [5.74, 6) is 1.13. The monoisotopic (exact) mass is 394 g/mol. The number of furan rings is 1. The summed E-state index contributed by atoms with van der Waals surface area (Å²) in [6.07, 6.45) is 1.74. The highest BCUT2D eigenvalue weighted by molar-refractivity contribution is 7.80. The lowest BCUT2D eigenvalue weighted by Crippen LogP contribution is -2.29. The van der Waals surface area contributed by atoms with Crippen LogP contribution < -0.4 is 5.32 Å². The summed E-state index contributed by atoms with van der Waals surface area (Å²) in [7, 11) is 0. The van der Waals surface area contributed by atoms with E-state index in [1.54, 1.807) is 30.5 Å². The molecule has 1 aromatic carbocycles. The van der Waals surface area contributed by atoms with E-state index in [4.69, 9.17) is 16.6 Å². The van der Waals surface area contributed by atoms with Gasteiger partial charge in [-0.2, -0.15) is 0 Å². The quantitative estimate of drug-likeness (QED) is 0.393. The third kappa shape index (κ3) is 3.11. The van der Waals surface area contributed by atoms with Crippen LogP contribution in [0.15, 0.2) is 65.2 Å². The van der Waals surface area contributed by atoms with E-state index in [0.717, 1.165) is 5.69 Å².